The fourth-order valence-corrected chi connectivity index (χ4v) is 3.64. The summed E-state index contributed by atoms with van der Waals surface area (Å²) in [5.74, 6) is 3.55. The van der Waals surface area contributed by atoms with Crippen LogP contribution in [-0.4, -0.2) is 31.9 Å². The van der Waals surface area contributed by atoms with Gasteiger partial charge in [0.25, 0.3) is 0 Å². The first-order chi connectivity index (χ1) is 13.6. The number of aromatic nitrogens is 4. The third-order valence-corrected chi connectivity index (χ3v) is 5.54. The van der Waals surface area contributed by atoms with Gasteiger partial charge in [0.15, 0.2) is 11.8 Å². The number of halogens is 1. The van der Waals surface area contributed by atoms with Crippen LogP contribution in [0.5, 0.6) is 0 Å². The van der Waals surface area contributed by atoms with Crippen LogP contribution >= 0.6 is 24.0 Å². The van der Waals surface area contributed by atoms with E-state index in [1.165, 1.54) is 32.1 Å². The zero-order valence-electron chi connectivity index (χ0n) is 18.0. The maximum absolute atomic E-state index is 5.48. The number of hydrogen-bond donors (Lipinski definition) is 2. The van der Waals surface area contributed by atoms with Crippen molar-refractivity contribution in [3.05, 3.63) is 28.7 Å². The molecule has 0 aliphatic heterocycles. The predicted octanol–water partition coefficient (Wildman–Crippen LogP) is 3.42. The Balaban J connectivity index is 0.00000300. The molecule has 1 fully saturated rings. The molecule has 0 amide bonds. The van der Waals surface area contributed by atoms with E-state index in [2.05, 4.69) is 39.8 Å². The van der Waals surface area contributed by atoms with Crippen molar-refractivity contribution in [3.63, 3.8) is 0 Å². The lowest BCUT2D eigenvalue weighted by Gasteiger charge is -2.25. The topological polar surface area (TPSA) is 93.2 Å². The van der Waals surface area contributed by atoms with Gasteiger partial charge < -0.3 is 19.7 Å². The molecule has 2 heterocycles. The first-order valence-electron chi connectivity index (χ1n) is 10.5. The van der Waals surface area contributed by atoms with Crippen LogP contribution in [0.3, 0.4) is 0 Å². The first-order valence-corrected chi connectivity index (χ1v) is 10.5. The summed E-state index contributed by atoms with van der Waals surface area (Å²) in [7, 11) is 1.98. The number of nitrogens with one attached hydrogen (secondary N) is 2. The molecule has 1 saturated carbocycles. The van der Waals surface area contributed by atoms with Crippen molar-refractivity contribution in [2.75, 3.05) is 0 Å². The molecule has 9 heteroatoms. The van der Waals surface area contributed by atoms with E-state index in [9.17, 15) is 0 Å². The summed E-state index contributed by atoms with van der Waals surface area (Å²) in [5.41, 5.74) is 2.12. The van der Waals surface area contributed by atoms with E-state index in [4.69, 9.17) is 9.52 Å². The molecule has 0 spiro atoms. The highest BCUT2D eigenvalue weighted by Crippen LogP contribution is 2.18. The van der Waals surface area contributed by atoms with E-state index in [-0.39, 0.29) is 24.0 Å². The monoisotopic (exact) mass is 515 g/mol. The van der Waals surface area contributed by atoms with Crippen LogP contribution in [-0.2, 0) is 33.0 Å². The van der Waals surface area contributed by atoms with E-state index in [0.29, 0.717) is 19.1 Å². The third-order valence-electron chi connectivity index (χ3n) is 5.54. The van der Waals surface area contributed by atoms with E-state index in [1.807, 2.05) is 18.5 Å². The highest BCUT2D eigenvalue weighted by atomic mass is 127. The van der Waals surface area contributed by atoms with E-state index < -0.39 is 0 Å². The Morgan fingerprint density at radius 2 is 1.93 bits per heavy atom. The van der Waals surface area contributed by atoms with Gasteiger partial charge in [-0.2, -0.15) is 0 Å². The van der Waals surface area contributed by atoms with Crippen LogP contribution in [0.25, 0.3) is 0 Å². The lowest BCUT2D eigenvalue weighted by Crippen LogP contribution is -2.44. The Morgan fingerprint density at radius 3 is 2.55 bits per heavy atom. The largest absolute Gasteiger partial charge is 0.361 e. The summed E-state index contributed by atoms with van der Waals surface area (Å²) in [6, 6.07) is 0.472. The fourth-order valence-electron chi connectivity index (χ4n) is 3.64. The standard InChI is InChI=1S/C20H33N7O.HI/c1-5-17-16(18(6-2)28-26-17)12-21-20(23-15-10-8-7-9-11-15)22-13-19-25-24-14(3)27(19)4;/h15H,5-13H2,1-4H3,(H2,21,22,23);1H. The second-order valence-electron chi connectivity index (χ2n) is 7.46. The van der Waals surface area contributed by atoms with Crippen molar-refractivity contribution >= 4 is 29.9 Å². The molecule has 0 atom stereocenters. The van der Waals surface area contributed by atoms with Crippen molar-refractivity contribution in [1.29, 1.82) is 0 Å². The van der Waals surface area contributed by atoms with Crippen molar-refractivity contribution in [2.24, 2.45) is 12.0 Å². The van der Waals surface area contributed by atoms with Gasteiger partial charge in [-0.3, -0.25) is 0 Å². The Morgan fingerprint density at radius 1 is 1.17 bits per heavy atom. The van der Waals surface area contributed by atoms with Crippen LogP contribution in [0.4, 0.5) is 0 Å². The van der Waals surface area contributed by atoms with Crippen LogP contribution < -0.4 is 10.6 Å². The SMILES string of the molecule is CCc1noc(CC)c1CN=C(NCc1nnc(C)n1C)NC1CCCCC1.I. The van der Waals surface area contributed by atoms with Gasteiger partial charge in [0, 0.05) is 25.1 Å². The van der Waals surface area contributed by atoms with Crippen LogP contribution in [0.1, 0.15) is 74.6 Å². The maximum atomic E-state index is 5.48. The summed E-state index contributed by atoms with van der Waals surface area (Å²) in [4.78, 5) is 4.87. The highest BCUT2D eigenvalue weighted by Gasteiger charge is 2.17. The van der Waals surface area contributed by atoms with Gasteiger partial charge in [-0.1, -0.05) is 38.3 Å². The number of aliphatic imine (C=N–C) groups is 1. The first kappa shape index (κ1) is 23.6. The smallest absolute Gasteiger partial charge is 0.192 e. The minimum Gasteiger partial charge on any atom is -0.361 e. The van der Waals surface area contributed by atoms with E-state index in [1.54, 1.807) is 0 Å². The molecule has 0 aromatic carbocycles. The number of nitrogens with zero attached hydrogens (tertiary/aromatic N) is 5. The van der Waals surface area contributed by atoms with Crippen molar-refractivity contribution in [3.8, 4) is 0 Å². The van der Waals surface area contributed by atoms with Gasteiger partial charge in [-0.05, 0) is 26.2 Å². The fraction of sp³-hybridized carbons (Fsp3) is 0.700. The van der Waals surface area contributed by atoms with Gasteiger partial charge >= 0.3 is 0 Å². The second kappa shape index (κ2) is 11.5. The molecule has 2 aromatic rings. The molecule has 2 N–H and O–H groups in total. The second-order valence-corrected chi connectivity index (χ2v) is 7.46. The molecule has 8 nitrogen and oxygen atoms in total. The summed E-state index contributed by atoms with van der Waals surface area (Å²) >= 11 is 0. The average molecular weight is 515 g/mol. The lowest BCUT2D eigenvalue weighted by molar-refractivity contribution is 0.380. The number of hydrogen-bond acceptors (Lipinski definition) is 5. The van der Waals surface area contributed by atoms with Gasteiger partial charge in [-0.25, -0.2) is 4.99 Å². The molecule has 1 aliphatic rings. The van der Waals surface area contributed by atoms with Crippen molar-refractivity contribution < 1.29 is 4.52 Å². The third kappa shape index (κ3) is 6.16. The molecule has 0 unspecified atom stereocenters. The zero-order chi connectivity index (χ0) is 19.9. The molecular weight excluding hydrogens is 481 g/mol. The summed E-state index contributed by atoms with van der Waals surface area (Å²) < 4.78 is 7.48. The quantitative estimate of drug-likeness (QED) is 0.334. The molecule has 3 rings (SSSR count). The summed E-state index contributed by atoms with van der Waals surface area (Å²) in [6.07, 6.45) is 7.95. The van der Waals surface area contributed by atoms with E-state index >= 15 is 0 Å². The molecule has 0 bridgehead atoms. The minimum absolute atomic E-state index is 0. The normalized spacial score (nSPS) is 15.2. The maximum Gasteiger partial charge on any atom is 0.192 e. The van der Waals surface area contributed by atoms with E-state index in [0.717, 1.165) is 47.5 Å². The van der Waals surface area contributed by atoms with Gasteiger partial charge in [0.1, 0.15) is 11.6 Å². The molecule has 0 radical (unpaired) electrons. The summed E-state index contributed by atoms with van der Waals surface area (Å²) in [6.45, 7) is 7.29. The number of rotatable bonds is 7. The number of aryl methyl sites for hydroxylation is 3. The molecule has 1 aliphatic carbocycles. The molecular formula is C20H34IN7O. The molecule has 162 valence electrons. The predicted molar refractivity (Wildman–Crippen MR) is 124 cm³/mol. The van der Waals surface area contributed by atoms with Crippen LogP contribution in [0, 0.1) is 6.92 Å². The molecule has 2 aromatic heterocycles. The Bertz CT molecular complexity index is 771. The summed E-state index contributed by atoms with van der Waals surface area (Å²) in [5, 5.41) is 19.6. The Hall–Kier alpha value is -1.65. The van der Waals surface area contributed by atoms with Crippen molar-refractivity contribution in [1.82, 2.24) is 30.6 Å². The van der Waals surface area contributed by atoms with Crippen LogP contribution in [0.15, 0.2) is 9.52 Å². The Labute approximate surface area is 190 Å². The highest BCUT2D eigenvalue weighted by molar-refractivity contribution is 14.0. The Kier molecular flexibility index (Phi) is 9.38. The molecule has 0 saturated heterocycles. The number of guanidine groups is 1. The molecule has 29 heavy (non-hydrogen) atoms. The van der Waals surface area contributed by atoms with Crippen LogP contribution in [0.2, 0.25) is 0 Å². The van der Waals surface area contributed by atoms with Gasteiger partial charge in [0.2, 0.25) is 0 Å². The zero-order valence-corrected chi connectivity index (χ0v) is 20.3. The average Bonchev–Trinajstić information content (AvgIpc) is 3.27. The van der Waals surface area contributed by atoms with Gasteiger partial charge in [-0.15, -0.1) is 34.2 Å². The minimum atomic E-state index is 0. The lowest BCUT2D eigenvalue weighted by atomic mass is 9.96. The van der Waals surface area contributed by atoms with Crippen molar-refractivity contribution in [2.45, 2.75) is 84.8 Å². The van der Waals surface area contributed by atoms with Gasteiger partial charge in [0.05, 0.1) is 18.8 Å².